The molecule has 2 amide bonds. The number of amides is 2. The summed E-state index contributed by atoms with van der Waals surface area (Å²) < 4.78 is 119. The van der Waals surface area contributed by atoms with Crippen molar-refractivity contribution in [2.24, 2.45) is 33.8 Å². The summed E-state index contributed by atoms with van der Waals surface area (Å²) in [4.78, 5) is 35.2. The van der Waals surface area contributed by atoms with E-state index in [9.17, 15) is 34.8 Å². The van der Waals surface area contributed by atoms with Gasteiger partial charge in [-0.05, 0) is 182 Å². The topological polar surface area (TPSA) is 328 Å². The van der Waals surface area contributed by atoms with Crippen molar-refractivity contribution in [2.75, 3.05) is 71.3 Å². The molecule has 0 radical (unpaired) electrons. The molecular formula is C78H130BrLiN10O14S6. The molecule has 2 aromatic heterocycles. The number of hydrogen-bond donors (Lipinski definition) is 7. The molecular weight excluding hydrogens is 1580 g/mol. The van der Waals surface area contributed by atoms with E-state index < -0.39 is 42.0 Å². The Hall–Kier alpha value is -3.33. The van der Waals surface area contributed by atoms with E-state index in [1.807, 2.05) is 93.5 Å². The number of halogens is 1. The fourth-order valence-electron chi connectivity index (χ4n) is 12.7. The Morgan fingerprint density at radius 2 is 1.02 bits per heavy atom. The standard InChI is InChI=1S/C28H42N4O5S2.C21H28BrN3O4S2.C11H23NO2S.C7H13NO2S.C7H15NO.C4H9.Li/c1-6-30-39(34,35)25-13-22(32-28(14-18(2)3)16-36-17-28)11-12-23(25)24-15-29-26(38-24)20-7-9-21(10-8-20)31-27(33)37-19(4)5;1-4-24-31(27,28)19-11-15(22)7-10-17(19)18-12-23-20(30-18)14-5-8-16(9-6-14)25-21(26)29-13(2)3;1-9(2)6-11(7-14-8-11)12-15(13)10(3,4)5;1-7(2,3)11(9)8-6-4-10-5-6;1-6(2)3-7(8)4-9-5-7;1-4(2)3;/h11-13,15,18-21,30,32H,6-10,14,16-17H2,1-5H3,(H,31,33);7,10-14,16,24H,4-6,8-9H2,1-3H3,(H,25,26);9,12H,6-8H2,1-5H3;4-5H2,1-3H3;6H,3-5,8H2,1-2H3;4H,1H2,2-3H3;/q;;;;;-1;+1. The van der Waals surface area contributed by atoms with Crippen molar-refractivity contribution in [3.63, 3.8) is 0 Å². The summed E-state index contributed by atoms with van der Waals surface area (Å²) in [6, 6.07) is 11.1. The molecule has 10 rings (SSSR count). The SMILES string of the molecule is CC(C)(C)S(=O)N=C1COC1.CC(C)CC1(N)COC1.CC(C)CC1(NS(=O)C(C)(C)C)COC1.CCNS(=O)(=O)c1cc(Br)ccc1-c1cnc(C2CCC(NC(=O)OC(C)C)CC2)s1.CCNS(=O)(=O)c1cc(NC2(CC(C)C)COC2)ccc1-c1cnc(C2CCC(NC(=O)OC(C)C)CC2)s1.[CH2-]C(C)C.[Li+]. The van der Waals surface area contributed by atoms with Crippen molar-refractivity contribution in [1.29, 1.82) is 0 Å². The van der Waals surface area contributed by atoms with E-state index in [1.165, 1.54) is 11.3 Å². The summed E-state index contributed by atoms with van der Waals surface area (Å²) in [6.07, 6.45) is 12.7. The Morgan fingerprint density at radius 3 is 1.35 bits per heavy atom. The average Bonchev–Trinajstić information content (AvgIpc) is 1.33. The fraction of sp³-hybridized carbons (Fsp3) is 0.718. The molecule has 4 aliphatic heterocycles. The van der Waals surface area contributed by atoms with Gasteiger partial charge in [-0.15, -0.1) is 22.7 Å². The van der Waals surface area contributed by atoms with Crippen LogP contribution in [-0.4, -0.2) is 169 Å². The van der Waals surface area contributed by atoms with Gasteiger partial charge in [-0.25, -0.2) is 59.0 Å². The Bertz CT molecular complexity index is 3790. The molecule has 110 heavy (non-hydrogen) atoms. The average molecular weight is 1710 g/mol. The molecule has 2 unspecified atom stereocenters. The molecule has 24 nitrogen and oxygen atoms in total. The van der Waals surface area contributed by atoms with Gasteiger partial charge in [0, 0.05) is 70.7 Å². The predicted octanol–water partition coefficient (Wildman–Crippen LogP) is 12.5. The van der Waals surface area contributed by atoms with Gasteiger partial charge in [0.05, 0.1) is 137 Å². The van der Waals surface area contributed by atoms with Gasteiger partial charge in [-0.3, -0.25) is 0 Å². The van der Waals surface area contributed by atoms with Crippen LogP contribution in [0.4, 0.5) is 15.3 Å². The molecule has 0 bridgehead atoms. The van der Waals surface area contributed by atoms with Crippen LogP contribution < -0.4 is 54.7 Å². The van der Waals surface area contributed by atoms with Gasteiger partial charge in [0.15, 0.2) is 0 Å². The van der Waals surface area contributed by atoms with Crippen LogP contribution in [0.3, 0.4) is 0 Å². The van der Waals surface area contributed by atoms with Crippen molar-refractivity contribution in [3.05, 3.63) is 70.2 Å². The third-order valence-corrected chi connectivity index (χ3v) is 26.7. The molecule has 32 heteroatoms. The number of nitrogens with two attached hydrogens (primary N) is 1. The summed E-state index contributed by atoms with van der Waals surface area (Å²) in [6.45, 7) is 49.2. The number of sulfonamides is 2. The second kappa shape index (κ2) is 45.4. The number of carbonyl (C=O) groups is 2. The fourth-order valence-corrected chi connectivity index (χ4v) is 19.6. The Morgan fingerprint density at radius 1 is 0.618 bits per heavy atom. The zero-order chi connectivity index (χ0) is 81.5. The van der Waals surface area contributed by atoms with E-state index in [2.05, 4.69) is 118 Å². The van der Waals surface area contributed by atoms with Gasteiger partial charge in [0.1, 0.15) is 11.0 Å². The number of carbonyl (C=O) groups excluding carboxylic acids is 2. The monoisotopic (exact) mass is 1710 g/mol. The summed E-state index contributed by atoms with van der Waals surface area (Å²) in [7, 11) is -9.43. The minimum Gasteiger partial charge on any atom is -0.447 e. The molecule has 6 heterocycles. The quantitative estimate of drug-likeness (QED) is 0.0239. The van der Waals surface area contributed by atoms with Crippen LogP contribution in [0.15, 0.2) is 67.5 Å². The summed E-state index contributed by atoms with van der Waals surface area (Å²) in [5.41, 5.74) is 8.67. The molecule has 6 fully saturated rings. The van der Waals surface area contributed by atoms with E-state index in [-0.39, 0.29) is 97.2 Å². The Kier molecular flexibility index (Phi) is 40.9. The predicted molar refractivity (Wildman–Crippen MR) is 448 cm³/mol. The zero-order valence-corrected chi connectivity index (χ0v) is 75.9. The first-order chi connectivity index (χ1) is 50.8. The number of aromatic nitrogens is 2. The van der Waals surface area contributed by atoms with Gasteiger partial charge >= 0.3 is 31.0 Å². The maximum Gasteiger partial charge on any atom is 1.00 e. The first-order valence-corrected chi connectivity index (χ1v) is 46.1. The molecule has 6 aliphatic rings. The molecule has 8 N–H and O–H groups in total. The van der Waals surface area contributed by atoms with Gasteiger partial charge in [0.2, 0.25) is 20.0 Å². The minimum absolute atomic E-state index is 0. The second-order valence-corrected chi connectivity index (χ2v) is 43.9. The van der Waals surface area contributed by atoms with Crippen LogP contribution in [0.25, 0.3) is 20.9 Å². The van der Waals surface area contributed by atoms with Crippen molar-refractivity contribution in [3.8, 4) is 20.9 Å². The van der Waals surface area contributed by atoms with E-state index in [4.69, 9.17) is 39.1 Å². The number of nitrogens with one attached hydrogen (secondary N) is 6. The molecule has 2 aromatic carbocycles. The maximum atomic E-state index is 13.3. The molecule has 2 saturated carbocycles. The first kappa shape index (κ1) is 99.0. The molecule has 4 saturated heterocycles. The van der Waals surface area contributed by atoms with Gasteiger partial charge < -0.3 is 57.0 Å². The number of rotatable bonds is 25. The normalized spacial score (nSPS) is 20.4. The number of benzene rings is 2. The summed E-state index contributed by atoms with van der Waals surface area (Å²) in [5, 5.41) is 11.5. The molecule has 2 atom stereocenters. The Balaban J connectivity index is 0.000000315. The number of thiazole rings is 2. The summed E-state index contributed by atoms with van der Waals surface area (Å²) >= 11 is 6.46. The van der Waals surface area contributed by atoms with Crippen LogP contribution >= 0.6 is 38.6 Å². The van der Waals surface area contributed by atoms with E-state index in [0.717, 1.165) is 115 Å². The van der Waals surface area contributed by atoms with Crippen LogP contribution in [0, 0.1) is 30.6 Å². The van der Waals surface area contributed by atoms with Crippen molar-refractivity contribution in [1.82, 2.24) is 34.8 Å². The van der Waals surface area contributed by atoms with Crippen LogP contribution in [-0.2, 0) is 70.4 Å². The van der Waals surface area contributed by atoms with Crippen LogP contribution in [0.2, 0.25) is 0 Å². The third-order valence-electron chi connectivity index (χ3n) is 17.5. The van der Waals surface area contributed by atoms with Crippen LogP contribution in [0.5, 0.6) is 0 Å². The second-order valence-electron chi connectivity index (χ2n) is 33.5. The maximum absolute atomic E-state index is 13.3. The van der Waals surface area contributed by atoms with Gasteiger partial charge in [-0.1, -0.05) is 97.3 Å². The van der Waals surface area contributed by atoms with E-state index in [1.54, 1.807) is 49.7 Å². The molecule has 4 aromatic rings. The number of ether oxygens (including phenoxy) is 6. The Labute approximate surface area is 692 Å². The summed E-state index contributed by atoms with van der Waals surface area (Å²) in [5.74, 6) is 2.95. The largest absolute Gasteiger partial charge is 1.00 e. The zero-order valence-electron chi connectivity index (χ0n) is 69.4. The van der Waals surface area contributed by atoms with Gasteiger partial charge in [0.25, 0.3) is 0 Å². The van der Waals surface area contributed by atoms with Crippen molar-refractivity contribution < 1.29 is 82.1 Å². The number of anilines is 1. The number of hydrogen-bond acceptors (Lipinski definition) is 20. The molecule has 0 spiro atoms. The smallest absolute Gasteiger partial charge is 0.447 e. The van der Waals surface area contributed by atoms with E-state index in [0.29, 0.717) is 97.9 Å². The molecule has 620 valence electrons. The minimum atomic E-state index is -3.72. The number of nitrogens with zero attached hydrogens (tertiary/aromatic N) is 3. The van der Waals surface area contributed by atoms with E-state index >= 15 is 0 Å². The third kappa shape index (κ3) is 33.3. The van der Waals surface area contributed by atoms with Crippen molar-refractivity contribution >= 4 is 104 Å². The number of alkyl carbamates (subject to hydrolysis) is 2. The van der Waals surface area contributed by atoms with Gasteiger partial charge in [-0.2, -0.15) is 10.3 Å². The molecule has 2 aliphatic carbocycles. The van der Waals surface area contributed by atoms with Crippen molar-refractivity contribution in [2.45, 2.75) is 281 Å². The van der Waals surface area contributed by atoms with Crippen LogP contribution in [0.1, 0.15) is 231 Å². The first-order valence-electron chi connectivity index (χ1n) is 38.5.